The molecule has 2 aromatic rings. The molecule has 1 fully saturated rings. The highest BCUT2D eigenvalue weighted by Gasteiger charge is 2.24. The second-order valence-electron chi connectivity index (χ2n) is 7.60. The number of rotatable bonds is 7. The molecule has 0 saturated carbocycles. The van der Waals surface area contributed by atoms with E-state index in [1.165, 1.54) is 0 Å². The van der Waals surface area contributed by atoms with Crippen LogP contribution >= 0.6 is 23.2 Å². The maximum atomic E-state index is 12.7. The summed E-state index contributed by atoms with van der Waals surface area (Å²) in [4.78, 5) is 29.5. The second-order valence-corrected chi connectivity index (χ2v) is 8.42. The average Bonchev–Trinajstić information content (AvgIpc) is 2.76. The van der Waals surface area contributed by atoms with Crippen molar-refractivity contribution in [3.8, 4) is 5.75 Å². The van der Waals surface area contributed by atoms with Crippen molar-refractivity contribution in [2.75, 3.05) is 39.8 Å². The number of carbonyl (C=O) groups is 2. The molecule has 1 aliphatic rings. The molecule has 0 radical (unpaired) electrons. The van der Waals surface area contributed by atoms with E-state index in [2.05, 4.69) is 4.90 Å². The summed E-state index contributed by atoms with van der Waals surface area (Å²) < 4.78 is 5.21. The van der Waals surface area contributed by atoms with E-state index in [0.717, 1.165) is 18.7 Å². The van der Waals surface area contributed by atoms with Crippen LogP contribution in [-0.4, -0.2) is 61.3 Å². The third kappa shape index (κ3) is 5.75. The summed E-state index contributed by atoms with van der Waals surface area (Å²) >= 11 is 12.0. The number of hydrogen-bond acceptors (Lipinski definition) is 4. The van der Waals surface area contributed by atoms with E-state index in [9.17, 15) is 9.59 Å². The van der Waals surface area contributed by atoms with E-state index >= 15 is 0 Å². The van der Waals surface area contributed by atoms with E-state index in [0.29, 0.717) is 47.4 Å². The van der Waals surface area contributed by atoms with Crippen LogP contribution in [0.3, 0.4) is 0 Å². The molecular formula is C23H26Cl2N2O3. The molecule has 1 saturated heterocycles. The number of methoxy groups -OCH3 is 1. The molecule has 5 nitrogen and oxygen atoms in total. The zero-order chi connectivity index (χ0) is 21.7. The fraction of sp³-hybridized carbons (Fsp3) is 0.391. The number of benzene rings is 2. The van der Waals surface area contributed by atoms with Gasteiger partial charge in [0, 0.05) is 44.2 Å². The Labute approximate surface area is 187 Å². The number of piperazine rings is 1. The van der Waals surface area contributed by atoms with Gasteiger partial charge in [0.05, 0.1) is 23.6 Å². The fourth-order valence-electron chi connectivity index (χ4n) is 3.65. The number of amides is 1. The van der Waals surface area contributed by atoms with Crippen molar-refractivity contribution in [1.29, 1.82) is 0 Å². The first-order valence-electron chi connectivity index (χ1n) is 9.99. The molecule has 0 spiro atoms. The maximum Gasteiger partial charge on any atom is 0.227 e. The number of ketones is 1. The molecule has 0 bridgehead atoms. The van der Waals surface area contributed by atoms with Gasteiger partial charge in [0.25, 0.3) is 0 Å². The lowest BCUT2D eigenvalue weighted by atomic mass is 9.98. The topological polar surface area (TPSA) is 49.9 Å². The monoisotopic (exact) mass is 448 g/mol. The van der Waals surface area contributed by atoms with Crippen molar-refractivity contribution in [3.05, 3.63) is 63.6 Å². The first kappa shape index (κ1) is 22.6. The van der Waals surface area contributed by atoms with Gasteiger partial charge < -0.3 is 9.64 Å². The molecule has 1 atom stereocenters. The summed E-state index contributed by atoms with van der Waals surface area (Å²) in [5, 5.41) is 0.945. The first-order chi connectivity index (χ1) is 14.4. The van der Waals surface area contributed by atoms with Gasteiger partial charge in [-0.25, -0.2) is 0 Å². The number of carbonyl (C=O) groups excluding carboxylic acids is 2. The summed E-state index contributed by atoms with van der Waals surface area (Å²) in [6.45, 7) is 5.43. The normalized spacial score (nSPS) is 15.7. The van der Waals surface area contributed by atoms with Crippen molar-refractivity contribution in [2.45, 2.75) is 13.3 Å². The van der Waals surface area contributed by atoms with Gasteiger partial charge in [-0.15, -0.1) is 0 Å². The quantitative estimate of drug-likeness (QED) is 0.595. The molecule has 0 aliphatic carbocycles. The van der Waals surface area contributed by atoms with Crippen LogP contribution in [0.25, 0.3) is 0 Å². The summed E-state index contributed by atoms with van der Waals surface area (Å²) in [6, 6.07) is 12.5. The van der Waals surface area contributed by atoms with Crippen molar-refractivity contribution in [1.82, 2.24) is 9.80 Å². The predicted molar refractivity (Wildman–Crippen MR) is 120 cm³/mol. The minimum atomic E-state index is -0.129. The highest BCUT2D eigenvalue weighted by molar-refractivity contribution is 6.42. The zero-order valence-electron chi connectivity index (χ0n) is 17.2. The summed E-state index contributed by atoms with van der Waals surface area (Å²) in [7, 11) is 1.59. The smallest absolute Gasteiger partial charge is 0.227 e. The van der Waals surface area contributed by atoms with Crippen LogP contribution in [0, 0.1) is 5.92 Å². The van der Waals surface area contributed by atoms with Crippen LogP contribution in [0.5, 0.6) is 5.75 Å². The zero-order valence-corrected chi connectivity index (χ0v) is 18.7. The molecule has 160 valence electrons. The summed E-state index contributed by atoms with van der Waals surface area (Å²) in [5.74, 6) is 0.735. The third-order valence-electron chi connectivity index (χ3n) is 5.40. The Morgan fingerprint density at radius 1 is 1.03 bits per heavy atom. The fourth-order valence-corrected chi connectivity index (χ4v) is 3.97. The Hall–Kier alpha value is -2.08. The van der Waals surface area contributed by atoms with E-state index < -0.39 is 0 Å². The lowest BCUT2D eigenvalue weighted by Gasteiger charge is -2.35. The minimum absolute atomic E-state index is 0.0774. The Kier molecular flexibility index (Phi) is 7.75. The number of nitrogens with zero attached hydrogens (tertiary/aromatic N) is 2. The second kappa shape index (κ2) is 10.3. The van der Waals surface area contributed by atoms with Crippen LogP contribution in [0.1, 0.15) is 22.8 Å². The van der Waals surface area contributed by atoms with Gasteiger partial charge in [-0.05, 0) is 29.8 Å². The number of ether oxygens (including phenoxy) is 1. The average molecular weight is 449 g/mol. The van der Waals surface area contributed by atoms with E-state index in [-0.39, 0.29) is 17.6 Å². The lowest BCUT2D eigenvalue weighted by Crippen LogP contribution is -2.50. The third-order valence-corrected chi connectivity index (χ3v) is 6.14. The van der Waals surface area contributed by atoms with Crippen molar-refractivity contribution in [3.63, 3.8) is 0 Å². The molecule has 1 amide bonds. The van der Waals surface area contributed by atoms with E-state index in [1.54, 1.807) is 25.3 Å². The molecule has 1 heterocycles. The Morgan fingerprint density at radius 3 is 2.43 bits per heavy atom. The molecule has 7 heteroatoms. The van der Waals surface area contributed by atoms with Crippen LogP contribution in [-0.2, 0) is 11.2 Å². The Morgan fingerprint density at radius 2 is 1.77 bits per heavy atom. The van der Waals surface area contributed by atoms with Crippen LogP contribution in [0.15, 0.2) is 42.5 Å². The first-order valence-corrected chi connectivity index (χ1v) is 10.8. The van der Waals surface area contributed by atoms with Gasteiger partial charge in [0.2, 0.25) is 5.91 Å². The van der Waals surface area contributed by atoms with Gasteiger partial charge in [-0.2, -0.15) is 0 Å². The molecule has 0 N–H and O–H groups in total. The molecule has 1 aliphatic heterocycles. The summed E-state index contributed by atoms with van der Waals surface area (Å²) in [6.07, 6.45) is 0.307. The number of hydrogen-bond donors (Lipinski definition) is 0. The van der Waals surface area contributed by atoms with Crippen LogP contribution in [0.2, 0.25) is 10.0 Å². The summed E-state index contributed by atoms with van der Waals surface area (Å²) in [5.41, 5.74) is 1.52. The minimum Gasteiger partial charge on any atom is -0.497 e. The van der Waals surface area contributed by atoms with Gasteiger partial charge in [0.1, 0.15) is 5.75 Å². The van der Waals surface area contributed by atoms with Crippen molar-refractivity contribution < 1.29 is 14.3 Å². The van der Waals surface area contributed by atoms with E-state index in [4.69, 9.17) is 27.9 Å². The lowest BCUT2D eigenvalue weighted by molar-refractivity contribution is -0.132. The van der Waals surface area contributed by atoms with Gasteiger partial charge in [-0.1, -0.05) is 48.3 Å². The molecular weight excluding hydrogens is 423 g/mol. The number of Topliss-reactive ketones (excluding diaryl/α,β-unsaturated/α-hetero) is 1. The maximum absolute atomic E-state index is 12.7. The molecule has 0 aromatic heterocycles. The Balaban J connectivity index is 1.49. The Bertz CT molecular complexity index is 911. The highest BCUT2D eigenvalue weighted by Crippen LogP contribution is 2.23. The van der Waals surface area contributed by atoms with Gasteiger partial charge >= 0.3 is 0 Å². The molecule has 3 rings (SSSR count). The van der Waals surface area contributed by atoms with Crippen molar-refractivity contribution >= 4 is 34.9 Å². The number of halogens is 2. The van der Waals surface area contributed by atoms with Crippen LogP contribution < -0.4 is 4.74 Å². The SMILES string of the molecule is COc1cccc(C(=O)C(C)CN2CCN(C(=O)Cc3ccc(Cl)c(Cl)c3)CC2)c1. The predicted octanol–water partition coefficient (Wildman–Crippen LogP) is 4.21. The van der Waals surface area contributed by atoms with Gasteiger partial charge in [0.15, 0.2) is 5.78 Å². The molecule has 1 unspecified atom stereocenters. The molecule has 30 heavy (non-hydrogen) atoms. The van der Waals surface area contributed by atoms with Crippen molar-refractivity contribution in [2.24, 2.45) is 5.92 Å². The largest absolute Gasteiger partial charge is 0.497 e. The molecule has 2 aromatic carbocycles. The highest BCUT2D eigenvalue weighted by atomic mass is 35.5. The standard InChI is InChI=1S/C23H26Cl2N2O3/c1-16(23(29)18-4-3-5-19(14-18)30-2)15-26-8-10-27(11-9-26)22(28)13-17-6-7-20(24)21(25)12-17/h3-7,12,14,16H,8-11,13,15H2,1-2H3. The van der Waals surface area contributed by atoms with E-state index in [1.807, 2.05) is 36.1 Å². The van der Waals surface area contributed by atoms with Crippen LogP contribution in [0.4, 0.5) is 0 Å². The van der Waals surface area contributed by atoms with Gasteiger partial charge in [-0.3, -0.25) is 14.5 Å².